The van der Waals surface area contributed by atoms with Gasteiger partial charge in [0, 0.05) is 11.3 Å². The summed E-state index contributed by atoms with van der Waals surface area (Å²) >= 11 is 0. The summed E-state index contributed by atoms with van der Waals surface area (Å²) in [7, 11) is 0. The van der Waals surface area contributed by atoms with Crippen LogP contribution in [0.3, 0.4) is 0 Å². The summed E-state index contributed by atoms with van der Waals surface area (Å²) in [4.78, 5) is 20.9. The average molecular weight is 186 g/mol. The van der Waals surface area contributed by atoms with Gasteiger partial charge >= 0.3 is 5.97 Å². The van der Waals surface area contributed by atoms with E-state index in [1.54, 1.807) is 0 Å². The highest BCUT2D eigenvalue weighted by Gasteiger charge is 2.36. The van der Waals surface area contributed by atoms with Gasteiger partial charge in [0.25, 0.3) is 0 Å². The lowest BCUT2D eigenvalue weighted by molar-refractivity contribution is -0.143. The largest absolute Gasteiger partial charge is 0.481 e. The zero-order chi connectivity index (χ0) is 9.90. The molecule has 13 heavy (non-hydrogen) atoms. The molecule has 1 unspecified atom stereocenters. The number of hydrogen-bond acceptors (Lipinski definition) is 3. The van der Waals surface area contributed by atoms with E-state index in [0.29, 0.717) is 19.6 Å². The molecule has 0 aromatic heterocycles. The van der Waals surface area contributed by atoms with Crippen molar-refractivity contribution in [2.75, 3.05) is 13.2 Å². The van der Waals surface area contributed by atoms with Gasteiger partial charge in [-0.15, -0.1) is 0 Å². The van der Waals surface area contributed by atoms with Crippen molar-refractivity contribution in [1.29, 1.82) is 0 Å². The van der Waals surface area contributed by atoms with Crippen molar-refractivity contribution in [3.8, 4) is 0 Å². The predicted octanol–water partition coefficient (Wildman–Crippen LogP) is 0.703. The molecule has 1 heterocycles. The third kappa shape index (κ3) is 2.81. The zero-order valence-electron chi connectivity index (χ0n) is 7.66. The minimum atomic E-state index is -0.916. The van der Waals surface area contributed by atoms with E-state index in [-0.39, 0.29) is 17.8 Å². The van der Waals surface area contributed by atoms with Crippen LogP contribution in [0, 0.1) is 11.3 Å². The van der Waals surface area contributed by atoms with Gasteiger partial charge in [-0.3, -0.25) is 4.79 Å². The maximum absolute atomic E-state index is 10.6. The molecular formula is C9H14O4. The van der Waals surface area contributed by atoms with Crippen molar-refractivity contribution in [2.24, 2.45) is 11.3 Å². The lowest BCUT2D eigenvalue weighted by atomic mass is 9.79. The van der Waals surface area contributed by atoms with Crippen molar-refractivity contribution in [3.05, 3.63) is 0 Å². The second-order valence-electron chi connectivity index (χ2n) is 4.00. The summed E-state index contributed by atoms with van der Waals surface area (Å²) in [6.07, 6.45) is 1.28. The number of hydrogen-bond donors (Lipinski definition) is 1. The maximum Gasteiger partial charge on any atom is 0.304 e. The number of carboxylic acids is 1. The van der Waals surface area contributed by atoms with E-state index in [0.717, 1.165) is 6.29 Å². The first-order valence-corrected chi connectivity index (χ1v) is 4.30. The molecule has 1 rings (SSSR count). The average Bonchev–Trinajstić information content (AvgIpc) is 1.99. The summed E-state index contributed by atoms with van der Waals surface area (Å²) in [5, 5.41) is 8.51. The molecule has 4 heteroatoms. The van der Waals surface area contributed by atoms with Crippen LogP contribution in [0.1, 0.15) is 19.8 Å². The van der Waals surface area contributed by atoms with Crippen molar-refractivity contribution in [1.82, 2.24) is 0 Å². The highest BCUT2D eigenvalue weighted by Crippen LogP contribution is 2.34. The van der Waals surface area contributed by atoms with Gasteiger partial charge in [-0.25, -0.2) is 0 Å². The van der Waals surface area contributed by atoms with E-state index in [9.17, 15) is 9.59 Å². The van der Waals surface area contributed by atoms with E-state index < -0.39 is 5.97 Å². The SMILES string of the molecule is CC1(CC(C=O)CC(=O)O)COC1. The van der Waals surface area contributed by atoms with Crippen molar-refractivity contribution in [2.45, 2.75) is 19.8 Å². The van der Waals surface area contributed by atoms with Crippen LogP contribution < -0.4 is 0 Å². The molecule has 1 aliphatic rings. The Morgan fingerprint density at radius 1 is 1.69 bits per heavy atom. The predicted molar refractivity (Wildman–Crippen MR) is 45.3 cm³/mol. The fraction of sp³-hybridized carbons (Fsp3) is 0.778. The van der Waals surface area contributed by atoms with Crippen LogP contribution in [0.2, 0.25) is 0 Å². The number of carboxylic acid groups (broad SMARTS) is 1. The van der Waals surface area contributed by atoms with Crippen LogP contribution in [0.5, 0.6) is 0 Å². The molecule has 1 atom stereocenters. The van der Waals surface area contributed by atoms with Gasteiger partial charge in [-0.2, -0.15) is 0 Å². The van der Waals surface area contributed by atoms with Crippen LogP contribution in [-0.4, -0.2) is 30.6 Å². The van der Waals surface area contributed by atoms with Gasteiger partial charge in [0.2, 0.25) is 0 Å². The summed E-state index contributed by atoms with van der Waals surface area (Å²) in [6, 6.07) is 0. The summed E-state index contributed by atoms with van der Waals surface area (Å²) in [6.45, 7) is 3.28. The number of carbonyl (C=O) groups excluding carboxylic acids is 1. The Hall–Kier alpha value is -0.900. The smallest absolute Gasteiger partial charge is 0.304 e. The normalized spacial score (nSPS) is 21.6. The molecule has 1 saturated heterocycles. The van der Waals surface area contributed by atoms with Gasteiger partial charge in [-0.1, -0.05) is 6.92 Å². The molecule has 0 saturated carbocycles. The molecule has 0 amide bonds. The number of aldehydes is 1. The third-order valence-electron chi connectivity index (χ3n) is 2.29. The van der Waals surface area contributed by atoms with E-state index in [1.165, 1.54) is 0 Å². The van der Waals surface area contributed by atoms with Gasteiger partial charge in [0.15, 0.2) is 0 Å². The first kappa shape index (κ1) is 10.2. The molecule has 0 radical (unpaired) electrons. The molecular weight excluding hydrogens is 172 g/mol. The third-order valence-corrected chi connectivity index (χ3v) is 2.29. The highest BCUT2D eigenvalue weighted by molar-refractivity contribution is 5.71. The minimum Gasteiger partial charge on any atom is -0.481 e. The lowest BCUT2D eigenvalue weighted by Gasteiger charge is -2.39. The Bertz CT molecular complexity index is 208. The number of carbonyl (C=O) groups is 2. The molecule has 0 bridgehead atoms. The second kappa shape index (κ2) is 3.87. The molecule has 1 N–H and O–H groups in total. The fourth-order valence-corrected chi connectivity index (χ4v) is 1.59. The molecule has 74 valence electrons. The Balaban J connectivity index is 2.38. The minimum absolute atomic E-state index is 0.0149. The fourth-order valence-electron chi connectivity index (χ4n) is 1.59. The van der Waals surface area contributed by atoms with E-state index in [4.69, 9.17) is 9.84 Å². The van der Waals surface area contributed by atoms with E-state index in [1.807, 2.05) is 6.92 Å². The van der Waals surface area contributed by atoms with Gasteiger partial charge < -0.3 is 14.6 Å². The monoisotopic (exact) mass is 186 g/mol. The Kier molecular flexibility index (Phi) is 3.03. The van der Waals surface area contributed by atoms with Crippen LogP contribution in [0.15, 0.2) is 0 Å². The van der Waals surface area contributed by atoms with Crippen LogP contribution in [0.4, 0.5) is 0 Å². The zero-order valence-corrected chi connectivity index (χ0v) is 7.66. The topological polar surface area (TPSA) is 63.6 Å². The molecule has 4 nitrogen and oxygen atoms in total. The van der Waals surface area contributed by atoms with Crippen molar-refractivity contribution >= 4 is 12.3 Å². The summed E-state index contributed by atoms with van der Waals surface area (Å²) in [5.74, 6) is -1.28. The number of aliphatic carboxylic acids is 1. The standard InChI is InChI=1S/C9H14O4/c1-9(5-13-6-9)3-7(4-10)2-8(11)12/h4,7H,2-3,5-6H2,1H3,(H,11,12). The van der Waals surface area contributed by atoms with Crippen LogP contribution >= 0.6 is 0 Å². The lowest BCUT2D eigenvalue weighted by Crippen LogP contribution is -2.41. The van der Waals surface area contributed by atoms with E-state index >= 15 is 0 Å². The number of rotatable bonds is 5. The van der Waals surface area contributed by atoms with Crippen LogP contribution in [-0.2, 0) is 14.3 Å². The summed E-state index contributed by atoms with van der Waals surface area (Å²) in [5.41, 5.74) is 0.0149. The number of ether oxygens (including phenoxy) is 1. The van der Waals surface area contributed by atoms with Gasteiger partial charge in [0.05, 0.1) is 19.6 Å². The molecule has 0 aliphatic carbocycles. The van der Waals surface area contributed by atoms with Gasteiger partial charge in [0.1, 0.15) is 6.29 Å². The molecule has 1 fully saturated rings. The first-order valence-electron chi connectivity index (χ1n) is 4.30. The second-order valence-corrected chi connectivity index (χ2v) is 4.00. The van der Waals surface area contributed by atoms with Gasteiger partial charge in [-0.05, 0) is 6.42 Å². The summed E-state index contributed by atoms with van der Waals surface area (Å²) < 4.78 is 5.02. The highest BCUT2D eigenvalue weighted by atomic mass is 16.5. The van der Waals surface area contributed by atoms with E-state index in [2.05, 4.69) is 0 Å². The maximum atomic E-state index is 10.6. The van der Waals surface area contributed by atoms with Crippen LogP contribution in [0.25, 0.3) is 0 Å². The Morgan fingerprint density at radius 2 is 2.31 bits per heavy atom. The van der Waals surface area contributed by atoms with Crippen molar-refractivity contribution < 1.29 is 19.4 Å². The Morgan fingerprint density at radius 3 is 2.62 bits per heavy atom. The first-order chi connectivity index (χ1) is 6.06. The van der Waals surface area contributed by atoms with Crippen molar-refractivity contribution in [3.63, 3.8) is 0 Å². The Labute approximate surface area is 76.9 Å². The quantitative estimate of drug-likeness (QED) is 0.642. The molecule has 0 aromatic carbocycles. The molecule has 0 aromatic rings. The molecule has 0 spiro atoms. The molecule has 1 aliphatic heterocycles.